The molecule has 0 atom stereocenters. The Morgan fingerprint density at radius 3 is 1.64 bits per heavy atom. The van der Waals surface area contributed by atoms with E-state index in [1.54, 1.807) is 0 Å². The van der Waals surface area contributed by atoms with Crippen LogP contribution in [0, 0.1) is 6.33 Å². The molecule has 0 aliphatic carbocycles. The van der Waals surface area contributed by atoms with Gasteiger partial charge in [0, 0.05) is 52.1 Å². The maximum absolute atomic E-state index is 7.07. The smallest absolute Gasteiger partial charge is 0.271 e. The van der Waals surface area contributed by atoms with Crippen molar-refractivity contribution in [1.82, 2.24) is 23.7 Å². The van der Waals surface area contributed by atoms with E-state index in [-0.39, 0.29) is 16.2 Å². The molecule has 0 radical (unpaired) electrons. The highest BCUT2D eigenvalue weighted by molar-refractivity contribution is 6.16. The summed E-state index contributed by atoms with van der Waals surface area (Å²) in [6.07, 6.45) is 7.46. The molecular weight excluding hydrogens is 809 g/mol. The third kappa shape index (κ3) is 6.92. The van der Waals surface area contributed by atoms with Gasteiger partial charge in [0.15, 0.2) is 5.82 Å². The Kier molecular flexibility index (Phi) is 9.38. The van der Waals surface area contributed by atoms with Crippen LogP contribution in [-0.4, -0.2) is 23.7 Å². The molecule has 326 valence electrons. The zero-order valence-corrected chi connectivity index (χ0v) is 39.2. The van der Waals surface area contributed by atoms with Crippen molar-refractivity contribution >= 4 is 54.6 Å². The molecule has 11 rings (SSSR count). The second-order valence-corrected chi connectivity index (χ2v) is 20.7. The fourth-order valence-electron chi connectivity index (χ4n) is 9.47. The van der Waals surface area contributed by atoms with E-state index in [0.717, 1.165) is 61.1 Å². The third-order valence-corrected chi connectivity index (χ3v) is 13.0. The van der Waals surface area contributed by atoms with Crippen molar-refractivity contribution < 1.29 is 9.30 Å². The number of fused-ring (bicyclic) bond motifs is 7. The molecule has 5 heterocycles. The highest BCUT2D eigenvalue weighted by Gasteiger charge is 2.25. The Balaban J connectivity index is 1.11. The van der Waals surface area contributed by atoms with Gasteiger partial charge in [0.2, 0.25) is 0 Å². The molecule has 0 aliphatic heterocycles. The molecule has 0 spiro atoms. The number of para-hydroxylation sites is 5. The molecule has 0 N–H and O–H groups in total. The third-order valence-electron chi connectivity index (χ3n) is 13.0. The van der Waals surface area contributed by atoms with Crippen LogP contribution in [0.4, 0.5) is 0 Å². The molecule has 5 aromatic heterocycles. The van der Waals surface area contributed by atoms with Crippen LogP contribution in [0.25, 0.3) is 77.7 Å². The van der Waals surface area contributed by atoms with Gasteiger partial charge >= 0.3 is 0 Å². The fraction of sp³-hybridized carbons (Fsp3) is 0.203. The van der Waals surface area contributed by atoms with Gasteiger partial charge in [-0.15, -0.1) is 0 Å². The number of hydrogen-bond donors (Lipinski definition) is 0. The lowest BCUT2D eigenvalue weighted by Gasteiger charge is -2.26. The van der Waals surface area contributed by atoms with Gasteiger partial charge in [-0.3, -0.25) is 18.7 Å². The highest BCUT2D eigenvalue weighted by atomic mass is 16.5. The number of imidazole rings is 1. The maximum Gasteiger partial charge on any atom is 0.271 e. The largest absolute Gasteiger partial charge is 0.458 e. The first-order chi connectivity index (χ1) is 31.6. The normalized spacial score (nSPS) is 12.6. The molecule has 0 fully saturated rings. The molecule has 0 amide bonds. The predicted molar refractivity (Wildman–Crippen MR) is 271 cm³/mol. The summed E-state index contributed by atoms with van der Waals surface area (Å²) in [5.41, 5.74) is 12.1. The number of nitrogens with zero attached hydrogens (tertiary/aromatic N) is 6. The summed E-state index contributed by atoms with van der Waals surface area (Å²) < 4.78 is 16.0. The summed E-state index contributed by atoms with van der Waals surface area (Å²) in [4.78, 5) is 9.96. The van der Waals surface area contributed by atoms with Crippen LogP contribution < -0.4 is 9.30 Å². The molecule has 0 aliphatic rings. The minimum Gasteiger partial charge on any atom is -0.458 e. The van der Waals surface area contributed by atoms with E-state index in [9.17, 15) is 0 Å². The summed E-state index contributed by atoms with van der Waals surface area (Å²) in [5.74, 6) is 2.91. The molecule has 0 saturated carbocycles. The number of ether oxygens (including phenoxy) is 1. The molecule has 0 unspecified atom stereocenters. The van der Waals surface area contributed by atoms with Crippen LogP contribution in [-0.2, 0) is 16.2 Å². The van der Waals surface area contributed by atoms with Crippen molar-refractivity contribution in [1.29, 1.82) is 0 Å². The van der Waals surface area contributed by atoms with E-state index in [0.29, 0.717) is 17.3 Å². The molecule has 7 heteroatoms. The van der Waals surface area contributed by atoms with E-state index in [4.69, 9.17) is 14.7 Å². The topological polar surface area (TPSA) is 53.7 Å². The molecule has 6 aromatic carbocycles. The van der Waals surface area contributed by atoms with Gasteiger partial charge in [0.1, 0.15) is 17.3 Å². The van der Waals surface area contributed by atoms with Crippen molar-refractivity contribution in [3.05, 3.63) is 187 Å². The first-order valence-corrected chi connectivity index (χ1v) is 22.9. The van der Waals surface area contributed by atoms with Crippen LogP contribution in [0.2, 0.25) is 0 Å². The Morgan fingerprint density at radius 2 is 1.00 bits per heavy atom. The first kappa shape index (κ1) is 41.2. The molecular formula is C59H54N6O. The summed E-state index contributed by atoms with van der Waals surface area (Å²) >= 11 is 0. The van der Waals surface area contributed by atoms with Gasteiger partial charge < -0.3 is 9.30 Å². The van der Waals surface area contributed by atoms with Crippen molar-refractivity contribution in [2.24, 2.45) is 0 Å². The Bertz CT molecular complexity index is 3610. The summed E-state index contributed by atoms with van der Waals surface area (Å²) in [6.45, 7) is 20.4. The first-order valence-electron chi connectivity index (χ1n) is 22.9. The average Bonchev–Trinajstić information content (AvgIpc) is 3.96. The zero-order chi connectivity index (χ0) is 45.7. The number of aromatic nitrogens is 6. The van der Waals surface area contributed by atoms with Crippen LogP contribution in [0.5, 0.6) is 11.5 Å². The van der Waals surface area contributed by atoms with Crippen molar-refractivity contribution in [2.75, 3.05) is 0 Å². The molecule has 66 heavy (non-hydrogen) atoms. The van der Waals surface area contributed by atoms with Crippen LogP contribution >= 0.6 is 0 Å². The number of benzene rings is 6. The van der Waals surface area contributed by atoms with E-state index >= 15 is 0 Å². The van der Waals surface area contributed by atoms with Gasteiger partial charge in [-0.05, 0) is 81.5 Å². The molecule has 0 saturated heterocycles. The average molecular weight is 863 g/mol. The van der Waals surface area contributed by atoms with Crippen LogP contribution in [0.15, 0.2) is 164 Å². The second kappa shape index (κ2) is 15.0. The Labute approximate surface area is 386 Å². The SMILES string of the molecule is CC(C)(C)c1cc(-[n+]2[c-]n(-c3cc(Oc4cc(-n5c6ccccc6c6ccccc65)c5c6ccccc6n(-c6cc(C(C)(C)C)ccn6)c5c4)ccn3)c3ccccc32)cc(C(C)(C)C)c1. The standard InChI is InChI=1S/C59H54N6O/c1-57(2,3)38-26-28-61-55(33-38)65-49-23-15-12-20-46(49)56-52(64-47-21-13-10-18-44(47)45-19-11-14-22-48(45)64)34-43(35-53(56)65)66-42-27-29-60-54(36-42)63-37-62(50-24-16-17-25-51(50)63)41-31-39(58(4,5)6)30-40(32-41)59(7,8)9/h10-36H,1-9H3. The van der Waals surface area contributed by atoms with E-state index < -0.39 is 0 Å². The minimum atomic E-state index is -0.0640. The lowest BCUT2D eigenvalue weighted by atomic mass is 9.80. The quantitative estimate of drug-likeness (QED) is 0.124. The lowest BCUT2D eigenvalue weighted by Crippen LogP contribution is -2.31. The second-order valence-electron chi connectivity index (χ2n) is 20.7. The summed E-state index contributed by atoms with van der Waals surface area (Å²) in [7, 11) is 0. The van der Waals surface area contributed by atoms with Gasteiger partial charge in [0.25, 0.3) is 6.33 Å². The zero-order valence-electron chi connectivity index (χ0n) is 39.2. The van der Waals surface area contributed by atoms with Crippen molar-refractivity contribution in [2.45, 2.75) is 78.6 Å². The molecule has 0 bridgehead atoms. The summed E-state index contributed by atoms with van der Waals surface area (Å²) in [6, 6.07) is 54.0. The Morgan fingerprint density at radius 1 is 0.455 bits per heavy atom. The monoisotopic (exact) mass is 862 g/mol. The van der Waals surface area contributed by atoms with Crippen molar-refractivity contribution in [3.8, 4) is 34.5 Å². The number of rotatable bonds is 6. The van der Waals surface area contributed by atoms with Gasteiger partial charge in [0.05, 0.1) is 44.5 Å². The van der Waals surface area contributed by atoms with E-state index in [2.05, 4.69) is 222 Å². The van der Waals surface area contributed by atoms with Crippen LogP contribution in [0.3, 0.4) is 0 Å². The predicted octanol–water partition coefficient (Wildman–Crippen LogP) is 14.4. The number of hydrogen-bond acceptors (Lipinski definition) is 3. The highest BCUT2D eigenvalue weighted by Crippen LogP contribution is 2.43. The molecule has 7 nitrogen and oxygen atoms in total. The van der Waals surface area contributed by atoms with Gasteiger partial charge in [-0.25, -0.2) is 4.98 Å². The number of pyridine rings is 2. The Hall–Kier alpha value is -7.51. The van der Waals surface area contributed by atoms with Gasteiger partial charge in [-0.2, -0.15) is 0 Å². The van der Waals surface area contributed by atoms with Gasteiger partial charge in [-0.1, -0.05) is 147 Å². The fourth-order valence-corrected chi connectivity index (χ4v) is 9.47. The summed E-state index contributed by atoms with van der Waals surface area (Å²) in [5, 5.41) is 4.64. The lowest BCUT2D eigenvalue weighted by molar-refractivity contribution is -0.572. The van der Waals surface area contributed by atoms with E-state index in [1.807, 2.05) is 29.1 Å². The van der Waals surface area contributed by atoms with Crippen molar-refractivity contribution in [3.63, 3.8) is 0 Å². The minimum absolute atomic E-state index is 0.0338. The van der Waals surface area contributed by atoms with E-state index in [1.165, 1.54) is 27.5 Å². The molecule has 11 aromatic rings. The maximum atomic E-state index is 7.07. The van der Waals surface area contributed by atoms with Crippen LogP contribution in [0.1, 0.15) is 79.0 Å².